The highest BCUT2D eigenvalue weighted by molar-refractivity contribution is 9.10. The molecule has 1 aliphatic carbocycles. The van der Waals surface area contributed by atoms with Crippen LogP contribution in [-0.4, -0.2) is 29.3 Å². The second-order valence-electron chi connectivity index (χ2n) is 5.86. The van der Waals surface area contributed by atoms with Crippen molar-refractivity contribution in [2.75, 3.05) is 13.2 Å². The summed E-state index contributed by atoms with van der Waals surface area (Å²) in [5.74, 6) is 0.190. The molecule has 0 spiro atoms. The zero-order chi connectivity index (χ0) is 16.9. The van der Waals surface area contributed by atoms with E-state index in [1.165, 1.54) is 11.6 Å². The molecule has 0 radical (unpaired) electrons. The number of rotatable bonds is 8. The van der Waals surface area contributed by atoms with Gasteiger partial charge in [-0.05, 0) is 51.9 Å². The lowest BCUT2D eigenvalue weighted by molar-refractivity contribution is 0.0689. The van der Waals surface area contributed by atoms with Crippen molar-refractivity contribution in [1.82, 2.24) is 4.98 Å². The second-order valence-corrected chi connectivity index (χ2v) is 6.71. The van der Waals surface area contributed by atoms with E-state index in [9.17, 15) is 4.79 Å². The van der Waals surface area contributed by atoms with Gasteiger partial charge in [-0.3, -0.25) is 0 Å². The van der Waals surface area contributed by atoms with Crippen LogP contribution in [0, 0.1) is 11.8 Å². The van der Waals surface area contributed by atoms with Gasteiger partial charge in [0.15, 0.2) is 5.69 Å². The van der Waals surface area contributed by atoms with Crippen molar-refractivity contribution < 1.29 is 19.4 Å². The lowest BCUT2D eigenvalue weighted by Gasteiger charge is -2.08. The molecule has 0 bridgehead atoms. The molecule has 24 heavy (non-hydrogen) atoms. The van der Waals surface area contributed by atoms with Crippen LogP contribution in [0.3, 0.4) is 0 Å². The summed E-state index contributed by atoms with van der Waals surface area (Å²) in [6.45, 7) is 1.86. The molecule has 2 atom stereocenters. The largest absolute Gasteiger partial charge is 0.477 e. The summed E-state index contributed by atoms with van der Waals surface area (Å²) in [6.07, 6.45) is 1.06. The first-order chi connectivity index (χ1) is 11.6. The minimum absolute atomic E-state index is 0.0215. The van der Waals surface area contributed by atoms with Gasteiger partial charge in [-0.1, -0.05) is 30.3 Å². The van der Waals surface area contributed by atoms with E-state index in [0.717, 1.165) is 6.42 Å². The van der Waals surface area contributed by atoms with E-state index in [1.54, 1.807) is 6.07 Å². The van der Waals surface area contributed by atoms with Gasteiger partial charge in [-0.15, -0.1) is 0 Å². The summed E-state index contributed by atoms with van der Waals surface area (Å²) < 4.78 is 12.1. The van der Waals surface area contributed by atoms with Crippen LogP contribution in [0.1, 0.15) is 22.5 Å². The normalized spacial score (nSPS) is 19.0. The molecular weight excluding hydrogens is 374 g/mol. The van der Waals surface area contributed by atoms with Crippen LogP contribution in [0.5, 0.6) is 5.88 Å². The van der Waals surface area contributed by atoms with Crippen molar-refractivity contribution in [2.24, 2.45) is 11.8 Å². The van der Waals surface area contributed by atoms with E-state index in [1.807, 2.05) is 30.3 Å². The molecule has 1 aliphatic rings. The highest BCUT2D eigenvalue weighted by atomic mass is 79.9. The predicted octanol–water partition coefficient (Wildman–Crippen LogP) is 3.77. The number of carbonyl (C=O) groups is 1. The number of benzene rings is 1. The Kier molecular flexibility index (Phi) is 5.48. The third-order valence-electron chi connectivity index (χ3n) is 3.98. The summed E-state index contributed by atoms with van der Waals surface area (Å²) in [5.41, 5.74) is 1.15. The van der Waals surface area contributed by atoms with Gasteiger partial charge in [-0.25, -0.2) is 9.78 Å². The van der Waals surface area contributed by atoms with E-state index >= 15 is 0 Å². The van der Waals surface area contributed by atoms with Gasteiger partial charge in [0.1, 0.15) is 0 Å². The average molecular weight is 392 g/mol. The first-order valence-electron chi connectivity index (χ1n) is 7.78. The Hall–Kier alpha value is -1.92. The minimum Gasteiger partial charge on any atom is -0.477 e. The van der Waals surface area contributed by atoms with E-state index in [2.05, 4.69) is 20.9 Å². The maximum Gasteiger partial charge on any atom is 0.354 e. The van der Waals surface area contributed by atoms with Crippen LogP contribution in [0.25, 0.3) is 0 Å². The van der Waals surface area contributed by atoms with Crippen LogP contribution >= 0.6 is 15.9 Å². The fraction of sp³-hybridized carbons (Fsp3) is 0.333. The number of halogens is 1. The maximum absolute atomic E-state index is 11.0. The molecule has 0 amide bonds. The third-order valence-corrected chi connectivity index (χ3v) is 4.58. The van der Waals surface area contributed by atoms with Crippen molar-refractivity contribution in [1.29, 1.82) is 0 Å². The first kappa shape index (κ1) is 16.9. The fourth-order valence-corrected chi connectivity index (χ4v) is 2.79. The quantitative estimate of drug-likeness (QED) is 0.741. The second kappa shape index (κ2) is 7.77. The number of carboxylic acid groups (broad SMARTS) is 1. The number of nitrogens with zero attached hydrogens (tertiary/aromatic N) is 1. The molecule has 1 N–H and O–H groups in total. The summed E-state index contributed by atoms with van der Waals surface area (Å²) >= 11 is 3.33. The van der Waals surface area contributed by atoms with Crippen molar-refractivity contribution in [3.63, 3.8) is 0 Å². The first-order valence-corrected chi connectivity index (χ1v) is 8.57. The minimum atomic E-state index is -1.06. The number of aromatic carboxylic acids is 1. The standard InChI is InChI=1S/C18H18BrNO4/c19-15-6-7-16(18(21)22)20-17(15)24-11-14-8-13(14)10-23-9-12-4-2-1-3-5-12/h1-7,13-14H,8-11H2,(H,21,22)/t13-,14-/m1/s1. The molecule has 1 aromatic carbocycles. The maximum atomic E-state index is 11.0. The number of carboxylic acids is 1. The summed E-state index contributed by atoms with van der Waals surface area (Å²) in [7, 11) is 0. The molecule has 0 saturated heterocycles. The summed E-state index contributed by atoms with van der Waals surface area (Å²) in [5, 5.41) is 8.97. The Morgan fingerprint density at radius 3 is 2.67 bits per heavy atom. The molecule has 1 saturated carbocycles. The van der Waals surface area contributed by atoms with Gasteiger partial charge in [0.2, 0.25) is 5.88 Å². The number of pyridine rings is 1. The van der Waals surface area contributed by atoms with Gasteiger partial charge >= 0.3 is 5.97 Å². The topological polar surface area (TPSA) is 68.7 Å². The average Bonchev–Trinajstić information content (AvgIpc) is 3.33. The molecule has 126 valence electrons. The summed E-state index contributed by atoms with van der Waals surface area (Å²) in [6, 6.07) is 13.2. The molecule has 0 aliphatic heterocycles. The fourth-order valence-electron chi connectivity index (χ4n) is 2.45. The lowest BCUT2D eigenvalue weighted by atomic mass is 10.2. The highest BCUT2D eigenvalue weighted by Gasteiger charge is 2.37. The number of hydrogen-bond acceptors (Lipinski definition) is 4. The van der Waals surface area contributed by atoms with Crippen molar-refractivity contribution >= 4 is 21.9 Å². The summed E-state index contributed by atoms with van der Waals surface area (Å²) in [4.78, 5) is 15.0. The molecule has 6 heteroatoms. The van der Waals surface area contributed by atoms with Gasteiger partial charge in [-0.2, -0.15) is 0 Å². The number of hydrogen-bond donors (Lipinski definition) is 1. The van der Waals surface area contributed by atoms with Crippen LogP contribution in [0.2, 0.25) is 0 Å². The Morgan fingerprint density at radius 2 is 1.92 bits per heavy atom. The van der Waals surface area contributed by atoms with E-state index < -0.39 is 5.97 Å². The third kappa shape index (κ3) is 4.55. The smallest absolute Gasteiger partial charge is 0.354 e. The SMILES string of the molecule is O=C(O)c1ccc(Br)c(OC[C@H]2C[C@@H]2COCc2ccccc2)n1. The van der Waals surface area contributed by atoms with Crippen LogP contribution < -0.4 is 4.74 Å². The van der Waals surface area contributed by atoms with E-state index in [-0.39, 0.29) is 5.69 Å². The molecular formula is C18H18BrNO4. The van der Waals surface area contributed by atoms with Crippen molar-refractivity contribution in [3.05, 3.63) is 58.2 Å². The molecule has 1 heterocycles. The Balaban J connectivity index is 1.41. The number of aromatic nitrogens is 1. The predicted molar refractivity (Wildman–Crippen MR) is 92.1 cm³/mol. The Labute approximate surface area is 148 Å². The monoisotopic (exact) mass is 391 g/mol. The van der Waals surface area contributed by atoms with Gasteiger partial charge in [0.25, 0.3) is 0 Å². The molecule has 1 aromatic heterocycles. The number of ether oxygens (including phenoxy) is 2. The van der Waals surface area contributed by atoms with E-state index in [0.29, 0.717) is 42.0 Å². The zero-order valence-corrected chi connectivity index (χ0v) is 14.6. The Morgan fingerprint density at radius 1 is 1.17 bits per heavy atom. The van der Waals surface area contributed by atoms with Crippen LogP contribution in [0.15, 0.2) is 46.9 Å². The van der Waals surface area contributed by atoms with Crippen LogP contribution in [0.4, 0.5) is 0 Å². The van der Waals surface area contributed by atoms with E-state index in [4.69, 9.17) is 14.6 Å². The lowest BCUT2D eigenvalue weighted by Crippen LogP contribution is -2.08. The molecule has 1 fully saturated rings. The van der Waals surface area contributed by atoms with Crippen molar-refractivity contribution in [2.45, 2.75) is 13.0 Å². The van der Waals surface area contributed by atoms with Gasteiger partial charge in [0, 0.05) is 0 Å². The van der Waals surface area contributed by atoms with Gasteiger partial charge in [0.05, 0.1) is 24.3 Å². The molecule has 3 rings (SSSR count). The molecule has 2 aromatic rings. The van der Waals surface area contributed by atoms with Gasteiger partial charge < -0.3 is 14.6 Å². The van der Waals surface area contributed by atoms with Crippen LogP contribution in [-0.2, 0) is 11.3 Å². The molecule has 5 nitrogen and oxygen atoms in total. The highest BCUT2D eigenvalue weighted by Crippen LogP contribution is 2.39. The molecule has 0 unspecified atom stereocenters. The Bertz CT molecular complexity index is 707. The van der Waals surface area contributed by atoms with Crippen molar-refractivity contribution in [3.8, 4) is 5.88 Å². The zero-order valence-electron chi connectivity index (χ0n) is 13.0.